The minimum atomic E-state index is -0.748. The van der Waals surface area contributed by atoms with Gasteiger partial charge in [0.2, 0.25) is 0 Å². The van der Waals surface area contributed by atoms with E-state index >= 15 is 0 Å². The van der Waals surface area contributed by atoms with Crippen LogP contribution in [-0.4, -0.2) is 18.5 Å². The van der Waals surface area contributed by atoms with Gasteiger partial charge in [-0.05, 0) is 30.7 Å². The Hall–Kier alpha value is -3.71. The summed E-state index contributed by atoms with van der Waals surface area (Å²) >= 11 is 1.21. The van der Waals surface area contributed by atoms with E-state index < -0.39 is 17.5 Å². The Morgan fingerprint density at radius 3 is 2.53 bits per heavy atom. The van der Waals surface area contributed by atoms with Gasteiger partial charge in [0.25, 0.3) is 5.91 Å². The van der Waals surface area contributed by atoms with Crippen molar-refractivity contribution in [2.24, 2.45) is 0 Å². The van der Waals surface area contributed by atoms with E-state index in [0.717, 1.165) is 10.4 Å². The van der Waals surface area contributed by atoms with Gasteiger partial charge in [0.15, 0.2) is 0 Å². The van der Waals surface area contributed by atoms with Crippen molar-refractivity contribution in [2.45, 2.75) is 6.92 Å². The van der Waals surface area contributed by atoms with E-state index in [0.29, 0.717) is 11.0 Å². The molecule has 0 radical (unpaired) electrons. The van der Waals surface area contributed by atoms with Crippen molar-refractivity contribution in [3.63, 3.8) is 0 Å². The van der Waals surface area contributed by atoms with Gasteiger partial charge in [0, 0.05) is 10.3 Å². The van der Waals surface area contributed by atoms with Gasteiger partial charge < -0.3 is 14.5 Å². The first-order chi connectivity index (χ1) is 14.6. The number of esters is 1. The van der Waals surface area contributed by atoms with E-state index in [1.54, 1.807) is 37.3 Å². The summed E-state index contributed by atoms with van der Waals surface area (Å²) < 4.78 is 10.4. The van der Waals surface area contributed by atoms with E-state index in [1.165, 1.54) is 17.4 Å². The summed E-state index contributed by atoms with van der Waals surface area (Å²) in [6.45, 7) is 1.92. The summed E-state index contributed by atoms with van der Waals surface area (Å²) in [5.41, 5.74) is 0.695. The van der Waals surface area contributed by atoms with Crippen LogP contribution in [0.15, 0.2) is 75.9 Å². The Morgan fingerprint density at radius 1 is 1.03 bits per heavy atom. The number of rotatable bonds is 5. The van der Waals surface area contributed by atoms with Crippen LogP contribution in [0.25, 0.3) is 21.4 Å². The largest absolute Gasteiger partial charge is 0.462 e. The van der Waals surface area contributed by atoms with Gasteiger partial charge in [-0.2, -0.15) is 0 Å². The number of para-hydroxylation sites is 1. The molecule has 0 unspecified atom stereocenters. The van der Waals surface area contributed by atoms with Gasteiger partial charge in [0.1, 0.15) is 16.0 Å². The highest BCUT2D eigenvalue weighted by Gasteiger charge is 2.22. The number of ether oxygens (including phenoxy) is 1. The predicted octanol–water partition coefficient (Wildman–Crippen LogP) is 4.95. The van der Waals surface area contributed by atoms with Crippen LogP contribution >= 0.6 is 11.3 Å². The molecule has 0 saturated carbocycles. The molecule has 0 aliphatic carbocycles. The fourth-order valence-corrected chi connectivity index (χ4v) is 4.00. The number of anilines is 1. The topological polar surface area (TPSA) is 85.6 Å². The highest BCUT2D eigenvalue weighted by molar-refractivity contribution is 7.18. The highest BCUT2D eigenvalue weighted by atomic mass is 32.1. The monoisotopic (exact) mass is 419 g/mol. The van der Waals surface area contributed by atoms with Crippen LogP contribution in [0, 0.1) is 0 Å². The molecule has 2 aromatic carbocycles. The molecule has 4 rings (SSSR count). The zero-order chi connectivity index (χ0) is 21.1. The third-order valence-corrected chi connectivity index (χ3v) is 5.55. The molecule has 0 bridgehead atoms. The van der Waals surface area contributed by atoms with Crippen LogP contribution < -0.4 is 10.9 Å². The molecule has 0 aliphatic rings. The molecule has 0 fully saturated rings. The number of thiophene rings is 1. The van der Waals surface area contributed by atoms with Gasteiger partial charge in [0.05, 0.1) is 12.3 Å². The molecule has 0 aliphatic heterocycles. The van der Waals surface area contributed by atoms with Crippen LogP contribution in [-0.2, 0) is 4.74 Å². The van der Waals surface area contributed by atoms with Crippen molar-refractivity contribution in [1.82, 2.24) is 0 Å². The Morgan fingerprint density at radius 2 is 1.77 bits per heavy atom. The number of hydrogen-bond donors (Lipinski definition) is 1. The number of fused-ring (bicyclic) bond motifs is 1. The summed E-state index contributed by atoms with van der Waals surface area (Å²) in [7, 11) is 0. The molecule has 6 nitrogen and oxygen atoms in total. The van der Waals surface area contributed by atoms with Crippen LogP contribution in [0.4, 0.5) is 5.69 Å². The Kier molecular flexibility index (Phi) is 5.45. The van der Waals surface area contributed by atoms with Crippen LogP contribution in [0.2, 0.25) is 0 Å². The first kappa shape index (κ1) is 19.6. The first-order valence-corrected chi connectivity index (χ1v) is 10.1. The number of benzene rings is 2. The summed E-state index contributed by atoms with van der Waals surface area (Å²) in [6, 6.07) is 19.6. The molecule has 2 aromatic heterocycles. The van der Waals surface area contributed by atoms with Gasteiger partial charge >= 0.3 is 11.6 Å². The van der Waals surface area contributed by atoms with Crippen molar-refractivity contribution >= 4 is 39.9 Å². The van der Waals surface area contributed by atoms with Crippen molar-refractivity contribution in [3.05, 3.63) is 87.6 Å². The summed E-state index contributed by atoms with van der Waals surface area (Å²) in [4.78, 5) is 38.6. The molecular formula is C23H17NO5S. The summed E-state index contributed by atoms with van der Waals surface area (Å²) in [6.07, 6.45) is 0. The number of nitrogens with one attached hydrogen (secondary N) is 1. The maximum absolute atomic E-state index is 12.8. The normalized spacial score (nSPS) is 10.7. The summed E-state index contributed by atoms with van der Waals surface area (Å²) in [5.74, 6) is -1.19. The van der Waals surface area contributed by atoms with E-state index in [-0.39, 0.29) is 22.7 Å². The number of carbonyl (C=O) groups excluding carboxylic acids is 2. The van der Waals surface area contributed by atoms with Gasteiger partial charge in [-0.3, -0.25) is 4.79 Å². The highest BCUT2D eigenvalue weighted by Crippen LogP contribution is 2.35. The van der Waals surface area contributed by atoms with Crippen molar-refractivity contribution < 1.29 is 18.7 Å². The van der Waals surface area contributed by atoms with Crippen LogP contribution in [0.3, 0.4) is 0 Å². The Labute approximate surface area is 175 Å². The molecule has 1 amide bonds. The van der Waals surface area contributed by atoms with Gasteiger partial charge in [-0.25, -0.2) is 9.59 Å². The molecule has 0 spiro atoms. The molecule has 0 atom stereocenters. The fourth-order valence-electron chi connectivity index (χ4n) is 2.99. The number of hydrogen-bond acceptors (Lipinski definition) is 6. The SMILES string of the molecule is CCOC(=O)c1sc(-c2ccccc2)cc1NC(=O)c1cc2ccccc2oc1=O. The Bertz CT molecular complexity index is 1290. The molecule has 150 valence electrons. The molecule has 4 aromatic rings. The zero-order valence-electron chi connectivity index (χ0n) is 16.0. The maximum atomic E-state index is 12.8. The lowest BCUT2D eigenvalue weighted by Crippen LogP contribution is -2.21. The second kappa shape index (κ2) is 8.34. The second-order valence-electron chi connectivity index (χ2n) is 6.38. The van der Waals surface area contributed by atoms with Crippen molar-refractivity contribution in [1.29, 1.82) is 0 Å². The number of carbonyl (C=O) groups is 2. The smallest absolute Gasteiger partial charge is 0.350 e. The quantitative estimate of drug-likeness (QED) is 0.365. The molecule has 1 N–H and O–H groups in total. The van der Waals surface area contributed by atoms with Crippen LogP contribution in [0.5, 0.6) is 0 Å². The second-order valence-corrected chi connectivity index (χ2v) is 7.43. The summed E-state index contributed by atoms with van der Waals surface area (Å²) in [5, 5.41) is 3.30. The third kappa shape index (κ3) is 3.88. The van der Waals surface area contributed by atoms with Gasteiger partial charge in [-0.15, -0.1) is 11.3 Å². The first-order valence-electron chi connectivity index (χ1n) is 9.27. The molecular weight excluding hydrogens is 402 g/mol. The molecule has 30 heavy (non-hydrogen) atoms. The third-order valence-electron chi connectivity index (χ3n) is 4.39. The van der Waals surface area contributed by atoms with Crippen molar-refractivity contribution in [3.8, 4) is 10.4 Å². The lowest BCUT2D eigenvalue weighted by Gasteiger charge is -2.06. The average Bonchev–Trinajstić information content (AvgIpc) is 3.18. The predicted molar refractivity (Wildman–Crippen MR) is 116 cm³/mol. The van der Waals surface area contributed by atoms with Gasteiger partial charge in [-0.1, -0.05) is 48.5 Å². The van der Waals surface area contributed by atoms with Crippen molar-refractivity contribution in [2.75, 3.05) is 11.9 Å². The minimum absolute atomic E-state index is 0.143. The molecule has 2 heterocycles. The fraction of sp³-hybridized carbons (Fsp3) is 0.0870. The number of amides is 1. The lowest BCUT2D eigenvalue weighted by atomic mass is 10.1. The molecule has 7 heteroatoms. The average molecular weight is 419 g/mol. The Balaban J connectivity index is 1.72. The lowest BCUT2D eigenvalue weighted by molar-refractivity contribution is 0.0533. The van der Waals surface area contributed by atoms with E-state index in [9.17, 15) is 14.4 Å². The van der Waals surface area contributed by atoms with E-state index in [2.05, 4.69) is 5.32 Å². The maximum Gasteiger partial charge on any atom is 0.350 e. The zero-order valence-corrected chi connectivity index (χ0v) is 16.8. The van der Waals surface area contributed by atoms with E-state index in [1.807, 2.05) is 30.3 Å². The van der Waals surface area contributed by atoms with E-state index in [4.69, 9.17) is 9.15 Å². The standard InChI is InChI=1S/C23H17NO5S/c1-2-28-23(27)20-17(13-19(30-20)14-8-4-3-5-9-14)24-21(25)16-12-15-10-6-7-11-18(15)29-22(16)26/h3-13H,2H2,1H3,(H,24,25). The molecule has 0 saturated heterocycles. The minimum Gasteiger partial charge on any atom is -0.462 e. The van der Waals surface area contributed by atoms with Crippen LogP contribution in [0.1, 0.15) is 27.0 Å².